The van der Waals surface area contributed by atoms with Crippen LogP contribution < -0.4 is 5.32 Å². The molecule has 0 aliphatic heterocycles. The Kier molecular flexibility index (Phi) is 6.71. The van der Waals surface area contributed by atoms with Crippen molar-refractivity contribution in [2.45, 2.75) is 26.3 Å². The molecule has 0 spiro atoms. The van der Waals surface area contributed by atoms with E-state index in [0.717, 1.165) is 11.0 Å². The monoisotopic (exact) mass is 358 g/mol. The van der Waals surface area contributed by atoms with Crippen LogP contribution in [0.1, 0.15) is 31.1 Å². The standard InChI is InChI=1S/C16H20ClFN2O4/c1-16(2,3)19-13(21)8-20(4)14(22)9-24-15(23)11-6-5-10(17)7-12(11)18/h5-7H,8-9H2,1-4H3,(H,19,21). The number of carbonyl (C=O) groups excluding carboxylic acids is 3. The quantitative estimate of drug-likeness (QED) is 0.817. The number of esters is 1. The molecule has 2 amide bonds. The molecule has 6 nitrogen and oxygen atoms in total. The first-order chi connectivity index (χ1) is 11.0. The summed E-state index contributed by atoms with van der Waals surface area (Å²) in [6.07, 6.45) is 0. The van der Waals surface area contributed by atoms with Gasteiger partial charge >= 0.3 is 5.97 Å². The third kappa shape index (κ3) is 6.54. The lowest BCUT2D eigenvalue weighted by Crippen LogP contribution is -2.46. The Morgan fingerprint density at radius 1 is 1.29 bits per heavy atom. The summed E-state index contributed by atoms with van der Waals surface area (Å²) in [7, 11) is 1.40. The van der Waals surface area contributed by atoms with Crippen LogP contribution in [0.5, 0.6) is 0 Å². The van der Waals surface area contributed by atoms with Crippen molar-refractivity contribution in [2.24, 2.45) is 0 Å². The summed E-state index contributed by atoms with van der Waals surface area (Å²) in [5, 5.41) is 2.85. The van der Waals surface area contributed by atoms with Gasteiger partial charge in [-0.3, -0.25) is 9.59 Å². The van der Waals surface area contributed by atoms with Crippen LogP contribution in [-0.4, -0.2) is 48.4 Å². The Labute approximate surface area is 144 Å². The van der Waals surface area contributed by atoms with Crippen LogP contribution in [0.2, 0.25) is 5.02 Å². The molecule has 0 bridgehead atoms. The predicted octanol–water partition coefficient (Wildman–Crippen LogP) is 2.01. The van der Waals surface area contributed by atoms with Crippen LogP contribution in [0.15, 0.2) is 18.2 Å². The molecule has 0 saturated heterocycles. The van der Waals surface area contributed by atoms with Crippen LogP contribution in [-0.2, 0) is 14.3 Å². The Bertz CT molecular complexity index is 643. The van der Waals surface area contributed by atoms with Crippen LogP contribution in [0.4, 0.5) is 4.39 Å². The second kappa shape index (κ2) is 8.10. The van der Waals surface area contributed by atoms with E-state index in [9.17, 15) is 18.8 Å². The van der Waals surface area contributed by atoms with Crippen LogP contribution in [0.25, 0.3) is 0 Å². The number of likely N-dealkylation sites (N-methyl/N-ethyl adjacent to an activating group) is 1. The highest BCUT2D eigenvalue weighted by Gasteiger charge is 2.20. The molecule has 0 aliphatic carbocycles. The van der Waals surface area contributed by atoms with Gasteiger partial charge in [0.25, 0.3) is 5.91 Å². The molecule has 1 rings (SSSR count). The number of halogens is 2. The Morgan fingerprint density at radius 3 is 2.46 bits per heavy atom. The minimum absolute atomic E-state index is 0.143. The van der Waals surface area contributed by atoms with Gasteiger partial charge in [0, 0.05) is 17.6 Å². The fourth-order valence-corrected chi connectivity index (χ4v) is 1.89. The lowest BCUT2D eigenvalue weighted by Gasteiger charge is -2.23. The van der Waals surface area contributed by atoms with E-state index in [1.54, 1.807) is 0 Å². The van der Waals surface area contributed by atoms with Gasteiger partial charge in [-0.25, -0.2) is 9.18 Å². The highest BCUT2D eigenvalue weighted by Crippen LogP contribution is 2.15. The molecular weight excluding hydrogens is 339 g/mol. The van der Waals surface area contributed by atoms with Crippen molar-refractivity contribution in [1.82, 2.24) is 10.2 Å². The molecule has 0 radical (unpaired) electrons. The minimum Gasteiger partial charge on any atom is -0.452 e. The molecule has 0 saturated carbocycles. The average molecular weight is 359 g/mol. The van der Waals surface area contributed by atoms with Gasteiger partial charge in [0.2, 0.25) is 5.91 Å². The normalized spacial score (nSPS) is 10.9. The third-order valence-corrected chi connectivity index (χ3v) is 3.03. The highest BCUT2D eigenvalue weighted by molar-refractivity contribution is 6.30. The molecule has 132 valence electrons. The zero-order valence-electron chi connectivity index (χ0n) is 14.0. The molecule has 0 unspecified atom stereocenters. The zero-order valence-corrected chi connectivity index (χ0v) is 14.7. The fraction of sp³-hybridized carbons (Fsp3) is 0.438. The number of carbonyl (C=O) groups is 3. The van der Waals surface area contributed by atoms with Crippen LogP contribution in [0.3, 0.4) is 0 Å². The van der Waals surface area contributed by atoms with Crippen LogP contribution in [0, 0.1) is 5.82 Å². The first-order valence-corrected chi connectivity index (χ1v) is 7.54. The second-order valence-electron chi connectivity index (χ2n) is 6.25. The second-order valence-corrected chi connectivity index (χ2v) is 6.68. The number of ether oxygens (including phenoxy) is 1. The van der Waals surface area contributed by atoms with Crippen molar-refractivity contribution in [3.05, 3.63) is 34.6 Å². The highest BCUT2D eigenvalue weighted by atomic mass is 35.5. The Balaban J connectivity index is 2.53. The zero-order chi connectivity index (χ0) is 18.5. The molecule has 24 heavy (non-hydrogen) atoms. The van der Waals surface area contributed by atoms with Crippen molar-refractivity contribution < 1.29 is 23.5 Å². The maximum absolute atomic E-state index is 13.6. The van der Waals surface area contributed by atoms with E-state index >= 15 is 0 Å². The number of hydrogen-bond donors (Lipinski definition) is 1. The van der Waals surface area contributed by atoms with E-state index in [-0.39, 0.29) is 23.0 Å². The Hall–Kier alpha value is -2.15. The summed E-state index contributed by atoms with van der Waals surface area (Å²) in [4.78, 5) is 36.5. The van der Waals surface area contributed by atoms with Gasteiger partial charge in [-0.05, 0) is 39.0 Å². The molecule has 0 heterocycles. The maximum Gasteiger partial charge on any atom is 0.341 e. The smallest absolute Gasteiger partial charge is 0.341 e. The lowest BCUT2D eigenvalue weighted by molar-refractivity contribution is -0.137. The van der Waals surface area contributed by atoms with Gasteiger partial charge in [0.1, 0.15) is 5.82 Å². The van der Waals surface area contributed by atoms with Gasteiger partial charge in [0.05, 0.1) is 12.1 Å². The Morgan fingerprint density at radius 2 is 1.92 bits per heavy atom. The molecule has 0 atom stereocenters. The van der Waals surface area contributed by atoms with E-state index < -0.39 is 29.8 Å². The topological polar surface area (TPSA) is 75.7 Å². The molecule has 1 aromatic carbocycles. The molecule has 1 N–H and O–H groups in total. The van der Waals surface area contributed by atoms with E-state index in [1.807, 2.05) is 20.8 Å². The van der Waals surface area contributed by atoms with Gasteiger partial charge in [-0.2, -0.15) is 0 Å². The van der Waals surface area contributed by atoms with Gasteiger partial charge in [-0.1, -0.05) is 11.6 Å². The van der Waals surface area contributed by atoms with E-state index in [2.05, 4.69) is 5.32 Å². The largest absolute Gasteiger partial charge is 0.452 e. The first kappa shape index (κ1) is 19.9. The molecule has 0 aromatic heterocycles. The summed E-state index contributed by atoms with van der Waals surface area (Å²) in [5.41, 5.74) is -0.736. The number of nitrogens with zero attached hydrogens (tertiary/aromatic N) is 1. The van der Waals surface area contributed by atoms with Gasteiger partial charge in [-0.15, -0.1) is 0 Å². The predicted molar refractivity (Wildman–Crippen MR) is 87.2 cm³/mol. The number of amides is 2. The molecule has 0 aliphatic rings. The summed E-state index contributed by atoms with van der Waals surface area (Å²) in [5.74, 6) is -2.74. The van der Waals surface area contributed by atoms with E-state index in [4.69, 9.17) is 16.3 Å². The van der Waals surface area contributed by atoms with Gasteiger partial charge < -0.3 is 15.0 Å². The number of benzene rings is 1. The van der Waals surface area contributed by atoms with Crippen LogP contribution >= 0.6 is 11.6 Å². The van der Waals surface area contributed by atoms with E-state index in [1.165, 1.54) is 19.2 Å². The van der Waals surface area contributed by atoms with E-state index in [0.29, 0.717) is 0 Å². The molecular formula is C16H20ClFN2O4. The van der Waals surface area contributed by atoms with Crippen molar-refractivity contribution >= 4 is 29.4 Å². The average Bonchev–Trinajstić information content (AvgIpc) is 2.42. The fourth-order valence-electron chi connectivity index (χ4n) is 1.73. The summed E-state index contributed by atoms with van der Waals surface area (Å²) in [6.45, 7) is 4.67. The SMILES string of the molecule is CN(CC(=O)NC(C)(C)C)C(=O)COC(=O)c1ccc(Cl)cc1F. The van der Waals surface area contributed by atoms with Crippen molar-refractivity contribution in [1.29, 1.82) is 0 Å². The van der Waals surface area contributed by atoms with Gasteiger partial charge in [0.15, 0.2) is 6.61 Å². The summed E-state index contributed by atoms with van der Waals surface area (Å²) in [6, 6.07) is 3.49. The van der Waals surface area contributed by atoms with Crippen molar-refractivity contribution in [3.63, 3.8) is 0 Å². The van der Waals surface area contributed by atoms with Crippen molar-refractivity contribution in [3.8, 4) is 0 Å². The first-order valence-electron chi connectivity index (χ1n) is 7.17. The number of rotatable bonds is 5. The number of hydrogen-bond acceptors (Lipinski definition) is 4. The third-order valence-electron chi connectivity index (χ3n) is 2.80. The summed E-state index contributed by atoms with van der Waals surface area (Å²) < 4.78 is 18.3. The summed E-state index contributed by atoms with van der Waals surface area (Å²) >= 11 is 5.59. The minimum atomic E-state index is -0.981. The maximum atomic E-state index is 13.6. The molecule has 8 heteroatoms. The lowest BCUT2D eigenvalue weighted by atomic mass is 10.1. The molecule has 0 fully saturated rings. The number of nitrogens with one attached hydrogen (secondary N) is 1. The molecule has 1 aromatic rings. The van der Waals surface area contributed by atoms with Crippen molar-refractivity contribution in [2.75, 3.05) is 20.2 Å².